The molecule has 0 aromatic heterocycles. The van der Waals surface area contributed by atoms with E-state index in [4.69, 9.17) is 9.84 Å². The van der Waals surface area contributed by atoms with E-state index in [9.17, 15) is 9.59 Å². The minimum Gasteiger partial charge on any atom is -0.449 e. The van der Waals surface area contributed by atoms with Crippen molar-refractivity contribution in [3.8, 4) is 0 Å². The molecule has 0 saturated heterocycles. The standard InChI is InChI=1S/C20H24N2O4/c1-3-15-8-10-16(11-9-15)22-19(24)14(2)26-20(25)17-6-4-5-7-18(17)21-12-13-23/h4-11,14,21,23H,3,12-13H2,1-2H3,(H,22,24)/t14-/m1/s1. The molecule has 2 aromatic carbocycles. The largest absolute Gasteiger partial charge is 0.449 e. The second-order valence-electron chi connectivity index (χ2n) is 5.78. The van der Waals surface area contributed by atoms with E-state index in [1.165, 1.54) is 12.5 Å². The highest BCUT2D eigenvalue weighted by Gasteiger charge is 2.20. The number of aliphatic hydroxyl groups is 1. The number of aryl methyl sites for hydroxylation is 1. The van der Waals surface area contributed by atoms with E-state index in [0.717, 1.165) is 6.42 Å². The summed E-state index contributed by atoms with van der Waals surface area (Å²) < 4.78 is 5.28. The summed E-state index contributed by atoms with van der Waals surface area (Å²) in [6, 6.07) is 14.3. The van der Waals surface area contributed by atoms with Crippen molar-refractivity contribution in [3.05, 3.63) is 59.7 Å². The molecule has 3 N–H and O–H groups in total. The number of hydrogen-bond donors (Lipinski definition) is 3. The van der Waals surface area contributed by atoms with Gasteiger partial charge in [-0.05, 0) is 43.2 Å². The third-order valence-corrected chi connectivity index (χ3v) is 3.86. The molecule has 0 fully saturated rings. The Hall–Kier alpha value is -2.86. The quantitative estimate of drug-likeness (QED) is 0.633. The fourth-order valence-electron chi connectivity index (χ4n) is 2.35. The lowest BCUT2D eigenvalue weighted by atomic mass is 10.1. The molecule has 1 atom stereocenters. The van der Waals surface area contributed by atoms with Gasteiger partial charge in [-0.1, -0.05) is 31.2 Å². The van der Waals surface area contributed by atoms with Crippen LogP contribution in [0, 0.1) is 0 Å². The molecule has 0 bridgehead atoms. The summed E-state index contributed by atoms with van der Waals surface area (Å²) in [5, 5.41) is 14.6. The number of para-hydroxylation sites is 1. The minimum atomic E-state index is -0.945. The normalized spacial score (nSPS) is 11.5. The third kappa shape index (κ3) is 5.32. The van der Waals surface area contributed by atoms with Gasteiger partial charge in [-0.15, -0.1) is 0 Å². The Labute approximate surface area is 153 Å². The minimum absolute atomic E-state index is 0.0565. The maximum absolute atomic E-state index is 12.4. The van der Waals surface area contributed by atoms with Crippen LogP contribution in [-0.4, -0.2) is 36.2 Å². The number of carbonyl (C=O) groups is 2. The average Bonchev–Trinajstić information content (AvgIpc) is 2.67. The lowest BCUT2D eigenvalue weighted by molar-refractivity contribution is -0.123. The molecule has 0 aliphatic rings. The van der Waals surface area contributed by atoms with Crippen LogP contribution >= 0.6 is 0 Å². The number of nitrogens with one attached hydrogen (secondary N) is 2. The van der Waals surface area contributed by atoms with Crippen LogP contribution in [0.4, 0.5) is 11.4 Å². The molecule has 6 nitrogen and oxygen atoms in total. The number of anilines is 2. The molecule has 26 heavy (non-hydrogen) atoms. The summed E-state index contributed by atoms with van der Waals surface area (Å²) in [6.45, 7) is 3.84. The number of aliphatic hydroxyl groups excluding tert-OH is 1. The van der Waals surface area contributed by atoms with Crippen LogP contribution in [0.15, 0.2) is 48.5 Å². The van der Waals surface area contributed by atoms with Gasteiger partial charge in [-0.25, -0.2) is 4.79 Å². The summed E-state index contributed by atoms with van der Waals surface area (Å²) in [7, 11) is 0. The predicted octanol–water partition coefficient (Wildman–Crippen LogP) is 2.84. The van der Waals surface area contributed by atoms with Crippen LogP contribution < -0.4 is 10.6 Å². The zero-order chi connectivity index (χ0) is 18.9. The van der Waals surface area contributed by atoms with E-state index in [-0.39, 0.29) is 6.61 Å². The number of benzene rings is 2. The molecule has 0 radical (unpaired) electrons. The Kier molecular flexibility index (Phi) is 7.17. The maximum Gasteiger partial charge on any atom is 0.341 e. The first-order valence-corrected chi connectivity index (χ1v) is 8.59. The van der Waals surface area contributed by atoms with Crippen LogP contribution in [0.2, 0.25) is 0 Å². The molecule has 2 aromatic rings. The van der Waals surface area contributed by atoms with Crippen LogP contribution in [0.1, 0.15) is 29.8 Å². The highest BCUT2D eigenvalue weighted by molar-refractivity contribution is 5.99. The van der Waals surface area contributed by atoms with Gasteiger partial charge in [0.1, 0.15) is 0 Å². The lowest BCUT2D eigenvalue weighted by Gasteiger charge is -2.15. The molecule has 0 spiro atoms. The molecule has 138 valence electrons. The van der Waals surface area contributed by atoms with Gasteiger partial charge in [0.2, 0.25) is 0 Å². The van der Waals surface area contributed by atoms with E-state index in [1.807, 2.05) is 24.3 Å². The Bertz CT molecular complexity index is 744. The van der Waals surface area contributed by atoms with Crippen molar-refractivity contribution < 1.29 is 19.4 Å². The monoisotopic (exact) mass is 356 g/mol. The number of carbonyl (C=O) groups excluding carboxylic acids is 2. The summed E-state index contributed by atoms with van der Waals surface area (Å²) in [4.78, 5) is 24.6. The first-order valence-electron chi connectivity index (χ1n) is 8.59. The smallest absolute Gasteiger partial charge is 0.341 e. The molecule has 0 unspecified atom stereocenters. The van der Waals surface area contributed by atoms with Crippen molar-refractivity contribution in [1.82, 2.24) is 0 Å². The zero-order valence-corrected chi connectivity index (χ0v) is 15.0. The number of amides is 1. The van der Waals surface area contributed by atoms with Crippen LogP contribution in [0.5, 0.6) is 0 Å². The Morgan fingerprint density at radius 3 is 2.46 bits per heavy atom. The van der Waals surface area contributed by atoms with E-state index in [1.54, 1.807) is 24.3 Å². The van der Waals surface area contributed by atoms with Gasteiger partial charge in [0.05, 0.1) is 12.2 Å². The molecular weight excluding hydrogens is 332 g/mol. The van der Waals surface area contributed by atoms with Gasteiger partial charge in [0.15, 0.2) is 6.10 Å². The summed E-state index contributed by atoms with van der Waals surface area (Å²) in [5.74, 6) is -1.00. The number of hydrogen-bond acceptors (Lipinski definition) is 5. The van der Waals surface area contributed by atoms with Crippen molar-refractivity contribution in [2.45, 2.75) is 26.4 Å². The van der Waals surface area contributed by atoms with Crippen LogP contribution in [-0.2, 0) is 16.0 Å². The van der Waals surface area contributed by atoms with Gasteiger partial charge in [0.25, 0.3) is 5.91 Å². The van der Waals surface area contributed by atoms with Crippen molar-refractivity contribution in [1.29, 1.82) is 0 Å². The SMILES string of the molecule is CCc1ccc(NC(=O)[C@@H](C)OC(=O)c2ccccc2NCCO)cc1. The van der Waals surface area contributed by atoms with Crippen molar-refractivity contribution in [2.75, 3.05) is 23.8 Å². The maximum atomic E-state index is 12.4. The van der Waals surface area contributed by atoms with E-state index in [2.05, 4.69) is 17.6 Å². The topological polar surface area (TPSA) is 87.7 Å². The molecule has 1 amide bonds. The van der Waals surface area contributed by atoms with Gasteiger partial charge in [-0.3, -0.25) is 4.79 Å². The first kappa shape index (κ1) is 19.5. The highest BCUT2D eigenvalue weighted by atomic mass is 16.5. The molecule has 0 saturated carbocycles. The molecule has 2 rings (SSSR count). The van der Waals surface area contributed by atoms with Gasteiger partial charge < -0.3 is 20.5 Å². The average molecular weight is 356 g/mol. The Morgan fingerprint density at radius 2 is 1.81 bits per heavy atom. The third-order valence-electron chi connectivity index (χ3n) is 3.86. The fourth-order valence-corrected chi connectivity index (χ4v) is 2.35. The second-order valence-corrected chi connectivity index (χ2v) is 5.78. The van der Waals surface area contributed by atoms with Crippen LogP contribution in [0.25, 0.3) is 0 Å². The number of esters is 1. The summed E-state index contributed by atoms with van der Waals surface area (Å²) >= 11 is 0. The Balaban J connectivity index is 1.98. The van der Waals surface area contributed by atoms with E-state index < -0.39 is 18.0 Å². The van der Waals surface area contributed by atoms with Crippen molar-refractivity contribution in [2.24, 2.45) is 0 Å². The second kappa shape index (κ2) is 9.58. The molecular formula is C20H24N2O4. The number of rotatable bonds is 8. The molecule has 0 aliphatic carbocycles. The van der Waals surface area contributed by atoms with Gasteiger partial charge in [0, 0.05) is 17.9 Å². The van der Waals surface area contributed by atoms with E-state index >= 15 is 0 Å². The summed E-state index contributed by atoms with van der Waals surface area (Å²) in [6.07, 6.45) is -0.0226. The fraction of sp³-hybridized carbons (Fsp3) is 0.300. The zero-order valence-electron chi connectivity index (χ0n) is 15.0. The summed E-state index contributed by atoms with van der Waals surface area (Å²) in [5.41, 5.74) is 2.69. The van der Waals surface area contributed by atoms with Gasteiger partial charge in [-0.2, -0.15) is 0 Å². The van der Waals surface area contributed by atoms with Gasteiger partial charge >= 0.3 is 5.97 Å². The van der Waals surface area contributed by atoms with E-state index in [0.29, 0.717) is 23.5 Å². The van der Waals surface area contributed by atoms with Crippen molar-refractivity contribution >= 4 is 23.3 Å². The highest BCUT2D eigenvalue weighted by Crippen LogP contribution is 2.17. The lowest BCUT2D eigenvalue weighted by Crippen LogP contribution is -2.30. The van der Waals surface area contributed by atoms with Crippen molar-refractivity contribution in [3.63, 3.8) is 0 Å². The number of ether oxygens (including phenoxy) is 1. The predicted molar refractivity (Wildman–Crippen MR) is 101 cm³/mol. The van der Waals surface area contributed by atoms with Crippen LogP contribution in [0.3, 0.4) is 0 Å². The first-order chi connectivity index (χ1) is 12.5. The Morgan fingerprint density at radius 1 is 1.12 bits per heavy atom. The molecule has 0 heterocycles. The molecule has 6 heteroatoms. The molecule has 0 aliphatic heterocycles.